The minimum atomic E-state index is -0.0719. The van der Waals surface area contributed by atoms with Crippen molar-refractivity contribution < 1.29 is 9.52 Å². The molecule has 0 spiro atoms. The zero-order chi connectivity index (χ0) is 20.0. The van der Waals surface area contributed by atoms with Gasteiger partial charge >= 0.3 is 0 Å². The van der Waals surface area contributed by atoms with Crippen molar-refractivity contribution in [3.8, 4) is 11.1 Å². The summed E-state index contributed by atoms with van der Waals surface area (Å²) < 4.78 is 7.65. The molecular weight excluding hydrogens is 388 g/mol. The van der Waals surface area contributed by atoms with Crippen LogP contribution in [0.4, 0.5) is 0 Å². The Hall–Kier alpha value is -2.34. The highest BCUT2D eigenvalue weighted by atomic mass is 35.5. The van der Waals surface area contributed by atoms with E-state index in [1.165, 1.54) is 0 Å². The zero-order valence-corrected chi connectivity index (χ0v) is 16.8. The maximum Gasteiger partial charge on any atom is 0.258 e. The number of fused-ring (bicyclic) bond motifs is 4. The molecule has 2 aliphatic heterocycles. The highest BCUT2D eigenvalue weighted by Gasteiger charge is 2.35. The molecule has 1 aromatic carbocycles. The third-order valence-electron chi connectivity index (χ3n) is 6.09. The van der Waals surface area contributed by atoms with E-state index in [-0.39, 0.29) is 12.2 Å². The minimum absolute atomic E-state index is 0.0719. The fourth-order valence-electron chi connectivity index (χ4n) is 4.84. The van der Waals surface area contributed by atoms with Gasteiger partial charge in [-0.3, -0.25) is 9.69 Å². The molecular formula is C23H23ClN2O3. The lowest BCUT2D eigenvalue weighted by Crippen LogP contribution is -2.46. The van der Waals surface area contributed by atoms with Crippen LogP contribution >= 0.6 is 11.6 Å². The summed E-state index contributed by atoms with van der Waals surface area (Å²) in [7, 11) is 0. The smallest absolute Gasteiger partial charge is 0.258 e. The molecule has 1 saturated heterocycles. The molecule has 6 heteroatoms. The van der Waals surface area contributed by atoms with E-state index in [1.807, 2.05) is 47.0 Å². The molecule has 0 saturated carbocycles. The number of hydrogen-bond acceptors (Lipinski definition) is 4. The molecule has 0 aliphatic carbocycles. The molecule has 3 aromatic rings. The molecule has 4 heterocycles. The summed E-state index contributed by atoms with van der Waals surface area (Å²) in [5.41, 5.74) is 2.86. The van der Waals surface area contributed by atoms with E-state index in [2.05, 4.69) is 11.0 Å². The van der Waals surface area contributed by atoms with Crippen molar-refractivity contribution in [1.29, 1.82) is 0 Å². The van der Waals surface area contributed by atoms with E-state index < -0.39 is 0 Å². The highest BCUT2D eigenvalue weighted by molar-refractivity contribution is 6.30. The second-order valence-electron chi connectivity index (χ2n) is 8.11. The van der Waals surface area contributed by atoms with Crippen LogP contribution in [-0.2, 0) is 19.7 Å². The fraction of sp³-hybridized carbons (Fsp3) is 0.348. The molecule has 5 nitrogen and oxygen atoms in total. The summed E-state index contributed by atoms with van der Waals surface area (Å²) >= 11 is 5.99. The second-order valence-corrected chi connectivity index (χ2v) is 8.55. The van der Waals surface area contributed by atoms with E-state index in [0.717, 1.165) is 55.2 Å². The summed E-state index contributed by atoms with van der Waals surface area (Å²) in [6, 6.07) is 15.3. The maximum absolute atomic E-state index is 13.2. The average Bonchev–Trinajstić information content (AvgIpc) is 3.17. The number of rotatable bonds is 4. The molecule has 29 heavy (non-hydrogen) atoms. The number of aliphatic hydroxyl groups is 1. The van der Waals surface area contributed by atoms with Gasteiger partial charge in [0, 0.05) is 41.8 Å². The first kappa shape index (κ1) is 18.7. The summed E-state index contributed by atoms with van der Waals surface area (Å²) in [6.07, 6.45) is 1.12. The number of furan rings is 1. The second kappa shape index (κ2) is 7.48. The predicted molar refractivity (Wildman–Crippen MR) is 112 cm³/mol. The van der Waals surface area contributed by atoms with Crippen molar-refractivity contribution in [3.05, 3.63) is 81.1 Å². The molecule has 2 aromatic heterocycles. The van der Waals surface area contributed by atoms with Crippen LogP contribution in [0.3, 0.4) is 0 Å². The number of hydrogen-bond donors (Lipinski definition) is 1. The first-order valence-electron chi connectivity index (χ1n) is 10.0. The Kier molecular flexibility index (Phi) is 4.82. The Balaban J connectivity index is 1.41. The lowest BCUT2D eigenvalue weighted by molar-refractivity contribution is 0.106. The number of pyridine rings is 1. The van der Waals surface area contributed by atoms with Gasteiger partial charge in [0.05, 0.1) is 6.54 Å². The Morgan fingerprint density at radius 1 is 1.00 bits per heavy atom. The van der Waals surface area contributed by atoms with Crippen LogP contribution in [0, 0.1) is 5.92 Å². The average molecular weight is 411 g/mol. The lowest BCUT2D eigenvalue weighted by atomic mass is 9.82. The zero-order valence-electron chi connectivity index (χ0n) is 16.1. The van der Waals surface area contributed by atoms with E-state index in [4.69, 9.17) is 16.0 Å². The summed E-state index contributed by atoms with van der Waals surface area (Å²) in [5, 5.41) is 9.87. The van der Waals surface area contributed by atoms with Gasteiger partial charge in [0.15, 0.2) is 0 Å². The number of likely N-dealkylation sites (tertiary alicyclic amines) is 1. The Labute approximate surface area is 174 Å². The molecule has 0 radical (unpaired) electrons. The van der Waals surface area contributed by atoms with E-state index in [0.29, 0.717) is 22.6 Å². The number of halogens is 1. The maximum atomic E-state index is 13.2. The van der Waals surface area contributed by atoms with Crippen molar-refractivity contribution in [2.75, 3.05) is 13.1 Å². The van der Waals surface area contributed by atoms with E-state index in [9.17, 15) is 9.90 Å². The van der Waals surface area contributed by atoms with Gasteiger partial charge in [0.1, 0.15) is 18.1 Å². The van der Waals surface area contributed by atoms with Gasteiger partial charge in [0.2, 0.25) is 0 Å². The molecule has 2 bridgehead atoms. The van der Waals surface area contributed by atoms with Gasteiger partial charge in [-0.25, -0.2) is 0 Å². The molecule has 0 amide bonds. The topological polar surface area (TPSA) is 58.6 Å². The Morgan fingerprint density at radius 3 is 2.55 bits per heavy atom. The summed E-state index contributed by atoms with van der Waals surface area (Å²) in [4.78, 5) is 15.6. The number of nitrogens with zero attached hydrogens (tertiary/aromatic N) is 2. The van der Waals surface area contributed by atoms with Gasteiger partial charge in [-0.1, -0.05) is 23.7 Å². The van der Waals surface area contributed by atoms with Gasteiger partial charge in [-0.15, -0.1) is 0 Å². The fourth-order valence-corrected chi connectivity index (χ4v) is 4.96. The molecule has 1 N–H and O–H groups in total. The molecule has 1 fully saturated rings. The van der Waals surface area contributed by atoms with Crippen LogP contribution in [0.25, 0.3) is 11.1 Å². The highest BCUT2D eigenvalue weighted by Crippen LogP contribution is 2.36. The molecule has 150 valence electrons. The summed E-state index contributed by atoms with van der Waals surface area (Å²) in [6.45, 7) is 3.27. The first-order valence-corrected chi connectivity index (χ1v) is 10.4. The monoisotopic (exact) mass is 410 g/mol. The van der Waals surface area contributed by atoms with Crippen LogP contribution in [0.5, 0.6) is 0 Å². The SMILES string of the molecule is O=c1c(-c2ccc(Cl)cc2)ccc2n1CC1CC2CN(Cc2ccc(CO)o2)C1. The van der Waals surface area contributed by atoms with Crippen LogP contribution in [0.15, 0.2) is 57.7 Å². The van der Waals surface area contributed by atoms with Gasteiger partial charge in [0.25, 0.3) is 5.56 Å². The predicted octanol–water partition coefficient (Wildman–Crippen LogP) is 3.87. The van der Waals surface area contributed by atoms with Gasteiger partial charge in [-0.05, 0) is 54.3 Å². The van der Waals surface area contributed by atoms with Crippen LogP contribution in [-0.4, -0.2) is 27.7 Å². The molecule has 2 unspecified atom stereocenters. The third-order valence-corrected chi connectivity index (χ3v) is 6.34. The summed E-state index contributed by atoms with van der Waals surface area (Å²) in [5.74, 6) is 2.28. The van der Waals surface area contributed by atoms with Crippen molar-refractivity contribution in [2.45, 2.75) is 32.0 Å². The van der Waals surface area contributed by atoms with E-state index in [1.54, 1.807) is 0 Å². The number of benzene rings is 1. The number of piperidine rings is 1. The van der Waals surface area contributed by atoms with Crippen molar-refractivity contribution in [1.82, 2.24) is 9.47 Å². The van der Waals surface area contributed by atoms with Gasteiger partial charge < -0.3 is 14.1 Å². The van der Waals surface area contributed by atoms with Crippen LogP contribution in [0.1, 0.15) is 29.6 Å². The quantitative estimate of drug-likeness (QED) is 0.709. The molecule has 2 atom stereocenters. The van der Waals surface area contributed by atoms with E-state index >= 15 is 0 Å². The standard InChI is InChI=1S/C23H23ClN2O3/c24-18-3-1-16(2-4-18)21-7-8-22-17-9-15(11-26(22)23(21)28)10-25(12-17)13-19-5-6-20(14-27)29-19/h1-8,15,17,27H,9-14H2. The van der Waals surface area contributed by atoms with Crippen molar-refractivity contribution in [2.24, 2.45) is 5.92 Å². The largest absolute Gasteiger partial charge is 0.462 e. The molecule has 5 rings (SSSR count). The van der Waals surface area contributed by atoms with Gasteiger partial charge in [-0.2, -0.15) is 0 Å². The van der Waals surface area contributed by atoms with Crippen LogP contribution < -0.4 is 5.56 Å². The number of aromatic nitrogens is 1. The van der Waals surface area contributed by atoms with Crippen molar-refractivity contribution in [3.63, 3.8) is 0 Å². The third kappa shape index (κ3) is 3.54. The Bertz CT molecular complexity index is 1090. The Morgan fingerprint density at radius 2 is 1.79 bits per heavy atom. The van der Waals surface area contributed by atoms with Crippen molar-refractivity contribution >= 4 is 11.6 Å². The normalized spacial score (nSPS) is 21.2. The first-order chi connectivity index (χ1) is 14.1. The minimum Gasteiger partial charge on any atom is -0.462 e. The molecule has 2 aliphatic rings. The van der Waals surface area contributed by atoms with Crippen LogP contribution in [0.2, 0.25) is 5.02 Å². The number of aliphatic hydroxyl groups excluding tert-OH is 1. The lowest BCUT2D eigenvalue weighted by Gasteiger charge is -2.42.